The molecule has 6 heteroatoms. The van der Waals surface area contributed by atoms with Gasteiger partial charge in [-0.15, -0.1) is 0 Å². The molecule has 142 valence electrons. The zero-order chi connectivity index (χ0) is 19.7. The number of benzene rings is 3. The molecule has 0 spiro atoms. The third-order valence-corrected chi connectivity index (χ3v) is 4.76. The highest BCUT2D eigenvalue weighted by atomic mass is 19.1. The summed E-state index contributed by atoms with van der Waals surface area (Å²) in [6.45, 7) is 0. The van der Waals surface area contributed by atoms with E-state index in [0.29, 0.717) is 22.7 Å². The average molecular weight is 378 g/mol. The van der Waals surface area contributed by atoms with E-state index in [4.69, 9.17) is 9.47 Å². The van der Waals surface area contributed by atoms with E-state index in [0.717, 1.165) is 5.56 Å². The third kappa shape index (κ3) is 2.93. The Balaban J connectivity index is 1.88. The molecule has 0 aliphatic carbocycles. The molecule has 1 heterocycles. The van der Waals surface area contributed by atoms with Gasteiger partial charge >= 0.3 is 0 Å². The topological polar surface area (TPSA) is 50.8 Å². The lowest BCUT2D eigenvalue weighted by Crippen LogP contribution is -2.43. The monoisotopic (exact) mass is 378 g/mol. The van der Waals surface area contributed by atoms with Crippen LogP contribution in [0.4, 0.5) is 15.8 Å². The van der Waals surface area contributed by atoms with Gasteiger partial charge in [0.15, 0.2) is 11.5 Å². The van der Waals surface area contributed by atoms with Crippen LogP contribution in [0.5, 0.6) is 11.5 Å². The fourth-order valence-electron chi connectivity index (χ4n) is 3.41. The highest BCUT2D eigenvalue weighted by Crippen LogP contribution is 2.39. The van der Waals surface area contributed by atoms with Gasteiger partial charge in [-0.1, -0.05) is 30.3 Å². The number of carbonyl (C=O) groups is 1. The third-order valence-electron chi connectivity index (χ3n) is 4.76. The maximum Gasteiger partial charge on any atom is 0.262 e. The van der Waals surface area contributed by atoms with Crippen molar-refractivity contribution in [3.8, 4) is 11.5 Å². The molecule has 1 amide bonds. The standard InChI is InChI=1S/C22H19FN2O3/c1-27-19-12-11-14(13-20(19)28-2)21-24-17-9-5-3-7-15(17)22(26)25(21)18-10-6-4-8-16(18)23/h3-13,21,24H,1-2H3. The number of nitrogens with zero attached hydrogens (tertiary/aromatic N) is 1. The molecule has 1 aliphatic rings. The molecular formula is C22H19FN2O3. The quantitative estimate of drug-likeness (QED) is 0.720. The Morgan fingerprint density at radius 3 is 2.39 bits per heavy atom. The summed E-state index contributed by atoms with van der Waals surface area (Å²) >= 11 is 0. The van der Waals surface area contributed by atoms with Gasteiger partial charge in [0.2, 0.25) is 0 Å². The van der Waals surface area contributed by atoms with Crippen molar-refractivity contribution in [2.24, 2.45) is 0 Å². The van der Waals surface area contributed by atoms with Crippen LogP contribution in [0.25, 0.3) is 0 Å². The van der Waals surface area contributed by atoms with Gasteiger partial charge in [-0.3, -0.25) is 9.69 Å². The number of para-hydroxylation sites is 2. The van der Waals surface area contributed by atoms with Gasteiger partial charge < -0.3 is 14.8 Å². The molecule has 4 rings (SSSR count). The van der Waals surface area contributed by atoms with Crippen LogP contribution < -0.4 is 19.7 Å². The van der Waals surface area contributed by atoms with Crippen LogP contribution in [0, 0.1) is 5.82 Å². The predicted octanol–water partition coefficient (Wildman–Crippen LogP) is 4.61. The molecular weight excluding hydrogens is 359 g/mol. The maximum atomic E-state index is 14.6. The number of halogens is 1. The number of methoxy groups -OCH3 is 2. The van der Waals surface area contributed by atoms with E-state index >= 15 is 0 Å². The first kappa shape index (κ1) is 17.9. The van der Waals surface area contributed by atoms with E-state index < -0.39 is 12.0 Å². The number of ether oxygens (including phenoxy) is 2. The lowest BCUT2D eigenvalue weighted by Gasteiger charge is -2.38. The zero-order valence-corrected chi connectivity index (χ0v) is 15.5. The number of rotatable bonds is 4. The van der Waals surface area contributed by atoms with Crippen molar-refractivity contribution in [3.05, 3.63) is 83.7 Å². The molecule has 0 saturated carbocycles. The molecule has 1 unspecified atom stereocenters. The number of carbonyl (C=O) groups excluding carboxylic acids is 1. The highest BCUT2D eigenvalue weighted by Gasteiger charge is 2.35. The van der Waals surface area contributed by atoms with Gasteiger partial charge in [-0.05, 0) is 42.0 Å². The second-order valence-corrected chi connectivity index (χ2v) is 6.33. The van der Waals surface area contributed by atoms with Gasteiger partial charge in [0, 0.05) is 5.69 Å². The van der Waals surface area contributed by atoms with Crippen molar-refractivity contribution in [2.45, 2.75) is 6.17 Å². The molecule has 28 heavy (non-hydrogen) atoms. The zero-order valence-electron chi connectivity index (χ0n) is 15.5. The molecule has 0 saturated heterocycles. The molecule has 1 aliphatic heterocycles. The number of nitrogens with one attached hydrogen (secondary N) is 1. The fourth-order valence-corrected chi connectivity index (χ4v) is 3.41. The van der Waals surface area contributed by atoms with Crippen LogP contribution in [-0.2, 0) is 0 Å². The molecule has 3 aromatic carbocycles. The Hall–Kier alpha value is -3.54. The molecule has 3 aromatic rings. The van der Waals surface area contributed by atoms with Crippen LogP contribution in [0.3, 0.4) is 0 Å². The number of hydrogen-bond donors (Lipinski definition) is 1. The van der Waals surface area contributed by atoms with Crippen LogP contribution >= 0.6 is 0 Å². The summed E-state index contributed by atoms with van der Waals surface area (Å²) in [4.78, 5) is 14.7. The van der Waals surface area contributed by atoms with Crippen molar-refractivity contribution in [1.29, 1.82) is 0 Å². The second-order valence-electron chi connectivity index (χ2n) is 6.33. The number of anilines is 2. The minimum absolute atomic E-state index is 0.203. The van der Waals surface area contributed by atoms with E-state index in [2.05, 4.69) is 5.32 Å². The van der Waals surface area contributed by atoms with Gasteiger partial charge in [0.1, 0.15) is 12.0 Å². The highest BCUT2D eigenvalue weighted by molar-refractivity contribution is 6.12. The number of amides is 1. The van der Waals surface area contributed by atoms with E-state index in [1.54, 1.807) is 56.7 Å². The van der Waals surface area contributed by atoms with Crippen LogP contribution in [0.15, 0.2) is 66.7 Å². The normalized spacial score (nSPS) is 15.6. The van der Waals surface area contributed by atoms with E-state index in [1.807, 2.05) is 18.2 Å². The van der Waals surface area contributed by atoms with Crippen LogP contribution in [-0.4, -0.2) is 20.1 Å². The first-order valence-electron chi connectivity index (χ1n) is 8.79. The average Bonchev–Trinajstić information content (AvgIpc) is 2.74. The van der Waals surface area contributed by atoms with Gasteiger partial charge in [-0.25, -0.2) is 4.39 Å². The summed E-state index contributed by atoms with van der Waals surface area (Å²) in [5, 5.41) is 3.35. The first-order chi connectivity index (χ1) is 13.6. The maximum absolute atomic E-state index is 14.6. The molecule has 0 aromatic heterocycles. The summed E-state index contributed by atoms with van der Waals surface area (Å²) < 4.78 is 25.3. The Kier molecular flexibility index (Phi) is 4.61. The molecule has 0 bridgehead atoms. The smallest absolute Gasteiger partial charge is 0.262 e. The largest absolute Gasteiger partial charge is 0.493 e. The van der Waals surface area contributed by atoms with Crippen LogP contribution in [0.1, 0.15) is 22.1 Å². The van der Waals surface area contributed by atoms with Gasteiger partial charge in [0.05, 0.1) is 25.5 Å². The number of fused-ring (bicyclic) bond motifs is 1. The van der Waals surface area contributed by atoms with E-state index in [1.165, 1.54) is 11.0 Å². The Bertz CT molecular complexity index is 1040. The Morgan fingerprint density at radius 2 is 1.64 bits per heavy atom. The molecule has 1 N–H and O–H groups in total. The van der Waals surface area contributed by atoms with Crippen molar-refractivity contribution >= 4 is 17.3 Å². The van der Waals surface area contributed by atoms with E-state index in [9.17, 15) is 9.18 Å². The summed E-state index contributed by atoms with van der Waals surface area (Å²) in [6.07, 6.45) is -0.612. The summed E-state index contributed by atoms with van der Waals surface area (Å²) in [6, 6.07) is 18.8. The molecule has 0 radical (unpaired) electrons. The van der Waals surface area contributed by atoms with Gasteiger partial charge in [0.25, 0.3) is 5.91 Å². The lowest BCUT2D eigenvalue weighted by molar-refractivity contribution is 0.0974. The molecule has 0 fully saturated rings. The van der Waals surface area contributed by atoms with Crippen molar-refractivity contribution in [1.82, 2.24) is 0 Å². The minimum Gasteiger partial charge on any atom is -0.493 e. The summed E-state index contributed by atoms with van der Waals surface area (Å²) in [7, 11) is 3.10. The van der Waals surface area contributed by atoms with Crippen molar-refractivity contribution < 1.29 is 18.7 Å². The van der Waals surface area contributed by atoms with Crippen molar-refractivity contribution in [2.75, 3.05) is 24.4 Å². The second kappa shape index (κ2) is 7.23. The first-order valence-corrected chi connectivity index (χ1v) is 8.79. The fraction of sp³-hybridized carbons (Fsp3) is 0.136. The summed E-state index contributed by atoms with van der Waals surface area (Å²) in [5.41, 5.74) is 2.13. The Labute approximate surface area is 162 Å². The predicted molar refractivity (Wildman–Crippen MR) is 106 cm³/mol. The van der Waals surface area contributed by atoms with Crippen molar-refractivity contribution in [3.63, 3.8) is 0 Å². The minimum atomic E-state index is -0.612. The van der Waals surface area contributed by atoms with E-state index in [-0.39, 0.29) is 11.6 Å². The Morgan fingerprint density at radius 1 is 0.929 bits per heavy atom. The lowest BCUT2D eigenvalue weighted by atomic mass is 10.0. The number of hydrogen-bond acceptors (Lipinski definition) is 4. The SMILES string of the molecule is COc1ccc(C2Nc3ccccc3C(=O)N2c2ccccc2F)cc1OC. The van der Waals surface area contributed by atoms with Crippen LogP contribution in [0.2, 0.25) is 0 Å². The van der Waals surface area contributed by atoms with Gasteiger partial charge in [-0.2, -0.15) is 0 Å². The molecule has 1 atom stereocenters. The molecule has 5 nitrogen and oxygen atoms in total. The summed E-state index contributed by atoms with van der Waals surface area (Å²) in [5.74, 6) is 0.356.